The van der Waals surface area contributed by atoms with Crippen molar-refractivity contribution in [3.05, 3.63) is 71.3 Å². The van der Waals surface area contributed by atoms with Gasteiger partial charge in [-0.05, 0) is 23.3 Å². The number of hydrogen-bond acceptors (Lipinski definition) is 1. The molecule has 0 radical (unpaired) electrons. The zero-order valence-corrected chi connectivity index (χ0v) is 8.53. The first-order valence-electron chi connectivity index (χ1n) is 4.93. The van der Waals surface area contributed by atoms with Crippen LogP contribution in [0.15, 0.2) is 48.5 Å². The molecule has 0 bridgehead atoms. The summed E-state index contributed by atoms with van der Waals surface area (Å²) in [5.74, 6) is -1.22. The average molecular weight is 219 g/mol. The molecule has 1 atom stereocenters. The maximum atomic E-state index is 13.0. The predicted molar refractivity (Wildman–Crippen MR) is 58.8 cm³/mol. The van der Waals surface area contributed by atoms with Crippen LogP contribution in [0.1, 0.15) is 17.2 Å². The Morgan fingerprint density at radius 2 is 1.38 bits per heavy atom. The molecule has 16 heavy (non-hydrogen) atoms. The summed E-state index contributed by atoms with van der Waals surface area (Å²) >= 11 is 0. The summed E-state index contributed by atoms with van der Waals surface area (Å²) in [6.07, 6.45) is 0. The normalized spacial score (nSPS) is 12.4. The van der Waals surface area contributed by atoms with Gasteiger partial charge >= 0.3 is 0 Å². The number of halogens is 2. The summed E-state index contributed by atoms with van der Waals surface area (Å²) in [7, 11) is 0. The second kappa shape index (κ2) is 4.41. The van der Waals surface area contributed by atoms with Gasteiger partial charge in [-0.3, -0.25) is 0 Å². The number of nitrogens with two attached hydrogens (primary N) is 1. The van der Waals surface area contributed by atoms with Crippen LogP contribution in [0, 0.1) is 11.6 Å². The number of benzene rings is 2. The van der Waals surface area contributed by atoms with Crippen LogP contribution in [0.25, 0.3) is 0 Å². The minimum atomic E-state index is -0.610. The van der Waals surface area contributed by atoms with Crippen LogP contribution >= 0.6 is 0 Å². The molecular weight excluding hydrogens is 208 g/mol. The van der Waals surface area contributed by atoms with Crippen molar-refractivity contribution in [1.82, 2.24) is 0 Å². The molecule has 0 spiro atoms. The van der Waals surface area contributed by atoms with E-state index in [1.54, 1.807) is 0 Å². The molecule has 0 amide bonds. The summed E-state index contributed by atoms with van der Waals surface area (Å²) in [5.41, 5.74) is 7.18. The van der Waals surface area contributed by atoms with Gasteiger partial charge in [0.05, 0.1) is 6.04 Å². The van der Waals surface area contributed by atoms with Crippen molar-refractivity contribution < 1.29 is 8.78 Å². The van der Waals surface area contributed by atoms with Crippen molar-refractivity contribution in [2.45, 2.75) is 6.04 Å². The van der Waals surface area contributed by atoms with E-state index in [9.17, 15) is 8.78 Å². The van der Waals surface area contributed by atoms with E-state index in [2.05, 4.69) is 0 Å². The lowest BCUT2D eigenvalue weighted by molar-refractivity contribution is 0.577. The van der Waals surface area contributed by atoms with Gasteiger partial charge < -0.3 is 5.73 Å². The SMILES string of the molecule is NC(c1ccccc1)c1cc(F)cc(F)c1. The highest BCUT2D eigenvalue weighted by atomic mass is 19.1. The van der Waals surface area contributed by atoms with E-state index < -0.39 is 17.7 Å². The highest BCUT2D eigenvalue weighted by Gasteiger charge is 2.10. The van der Waals surface area contributed by atoms with Crippen LogP contribution in [0.5, 0.6) is 0 Å². The predicted octanol–water partition coefficient (Wildman–Crippen LogP) is 3.01. The molecule has 0 aromatic heterocycles. The summed E-state index contributed by atoms with van der Waals surface area (Å²) in [6.45, 7) is 0. The molecule has 0 aliphatic carbocycles. The van der Waals surface area contributed by atoms with Gasteiger partial charge in [0.15, 0.2) is 0 Å². The maximum absolute atomic E-state index is 13.0. The second-order valence-corrected chi connectivity index (χ2v) is 3.59. The van der Waals surface area contributed by atoms with E-state index in [1.165, 1.54) is 12.1 Å². The molecule has 0 heterocycles. The average Bonchev–Trinajstić information content (AvgIpc) is 2.28. The molecule has 0 saturated heterocycles. The quantitative estimate of drug-likeness (QED) is 0.825. The largest absolute Gasteiger partial charge is 0.320 e. The summed E-state index contributed by atoms with van der Waals surface area (Å²) < 4.78 is 26.0. The molecule has 0 fully saturated rings. The first-order valence-corrected chi connectivity index (χ1v) is 4.93. The van der Waals surface area contributed by atoms with E-state index >= 15 is 0 Å². The standard InChI is InChI=1S/C13H11F2N/c14-11-6-10(7-12(15)8-11)13(16)9-4-2-1-3-5-9/h1-8,13H,16H2. The Hall–Kier alpha value is -1.74. The van der Waals surface area contributed by atoms with Crippen molar-refractivity contribution in [2.75, 3.05) is 0 Å². The Bertz CT molecular complexity index is 462. The third-order valence-corrected chi connectivity index (χ3v) is 2.40. The van der Waals surface area contributed by atoms with Crippen LogP contribution in [0.4, 0.5) is 8.78 Å². The third-order valence-electron chi connectivity index (χ3n) is 2.40. The number of rotatable bonds is 2. The highest BCUT2D eigenvalue weighted by Crippen LogP contribution is 2.20. The summed E-state index contributed by atoms with van der Waals surface area (Å²) in [4.78, 5) is 0. The topological polar surface area (TPSA) is 26.0 Å². The van der Waals surface area contributed by atoms with Gasteiger partial charge in [-0.25, -0.2) is 8.78 Å². The Kier molecular flexibility index (Phi) is 2.97. The van der Waals surface area contributed by atoms with E-state index in [0.717, 1.165) is 11.6 Å². The molecule has 0 aliphatic heterocycles. The van der Waals surface area contributed by atoms with Gasteiger partial charge in [-0.1, -0.05) is 30.3 Å². The van der Waals surface area contributed by atoms with Gasteiger partial charge in [-0.15, -0.1) is 0 Å². The van der Waals surface area contributed by atoms with Gasteiger partial charge in [0, 0.05) is 6.07 Å². The number of hydrogen-bond donors (Lipinski definition) is 1. The molecule has 3 heteroatoms. The Balaban J connectivity index is 2.37. The minimum Gasteiger partial charge on any atom is -0.320 e. The van der Waals surface area contributed by atoms with E-state index in [0.29, 0.717) is 5.56 Å². The van der Waals surface area contributed by atoms with E-state index in [1.807, 2.05) is 30.3 Å². The first-order chi connectivity index (χ1) is 7.66. The molecule has 1 nitrogen and oxygen atoms in total. The fourth-order valence-corrected chi connectivity index (χ4v) is 1.61. The lowest BCUT2D eigenvalue weighted by Gasteiger charge is -2.12. The molecule has 2 rings (SSSR count). The molecule has 82 valence electrons. The fraction of sp³-hybridized carbons (Fsp3) is 0.0769. The summed E-state index contributed by atoms with van der Waals surface area (Å²) in [6, 6.07) is 12.0. The van der Waals surface area contributed by atoms with Crippen molar-refractivity contribution >= 4 is 0 Å². The fourth-order valence-electron chi connectivity index (χ4n) is 1.61. The molecule has 2 aromatic carbocycles. The van der Waals surface area contributed by atoms with Crippen LogP contribution in [-0.2, 0) is 0 Å². The van der Waals surface area contributed by atoms with Crippen LogP contribution in [0.2, 0.25) is 0 Å². The van der Waals surface area contributed by atoms with E-state index in [4.69, 9.17) is 5.73 Å². The smallest absolute Gasteiger partial charge is 0.126 e. The minimum absolute atomic E-state index is 0.434. The summed E-state index contributed by atoms with van der Waals surface area (Å²) in [5, 5.41) is 0. The Labute approximate surface area is 92.5 Å². The van der Waals surface area contributed by atoms with Gasteiger partial charge in [0.2, 0.25) is 0 Å². The molecule has 2 aromatic rings. The lowest BCUT2D eigenvalue weighted by atomic mass is 9.99. The van der Waals surface area contributed by atoms with E-state index in [-0.39, 0.29) is 0 Å². The van der Waals surface area contributed by atoms with Crippen molar-refractivity contribution in [1.29, 1.82) is 0 Å². The van der Waals surface area contributed by atoms with Crippen molar-refractivity contribution in [3.63, 3.8) is 0 Å². The first kappa shape index (κ1) is 10.8. The maximum Gasteiger partial charge on any atom is 0.126 e. The monoisotopic (exact) mass is 219 g/mol. The molecular formula is C13H11F2N. The zero-order valence-electron chi connectivity index (χ0n) is 8.53. The third kappa shape index (κ3) is 2.25. The molecule has 1 unspecified atom stereocenters. The molecule has 0 aliphatic rings. The van der Waals surface area contributed by atoms with Crippen LogP contribution in [-0.4, -0.2) is 0 Å². The van der Waals surface area contributed by atoms with Gasteiger partial charge in [-0.2, -0.15) is 0 Å². The molecule has 2 N–H and O–H groups in total. The van der Waals surface area contributed by atoms with Gasteiger partial charge in [0.1, 0.15) is 11.6 Å². The van der Waals surface area contributed by atoms with Gasteiger partial charge in [0.25, 0.3) is 0 Å². The highest BCUT2D eigenvalue weighted by molar-refractivity contribution is 5.31. The van der Waals surface area contributed by atoms with Crippen molar-refractivity contribution in [3.8, 4) is 0 Å². The molecule has 0 saturated carbocycles. The Morgan fingerprint density at radius 1 is 0.812 bits per heavy atom. The lowest BCUT2D eigenvalue weighted by Crippen LogP contribution is -2.12. The second-order valence-electron chi connectivity index (χ2n) is 3.59. The van der Waals surface area contributed by atoms with Crippen LogP contribution < -0.4 is 5.73 Å². The zero-order chi connectivity index (χ0) is 11.5. The Morgan fingerprint density at radius 3 is 1.94 bits per heavy atom. The van der Waals surface area contributed by atoms with Crippen molar-refractivity contribution in [2.24, 2.45) is 5.73 Å². The van der Waals surface area contributed by atoms with Crippen LogP contribution in [0.3, 0.4) is 0 Å².